The topological polar surface area (TPSA) is 62.7 Å². The van der Waals surface area contributed by atoms with Gasteiger partial charge < -0.3 is 10.6 Å². The maximum atomic E-state index is 4.50. The summed E-state index contributed by atoms with van der Waals surface area (Å²) in [6, 6.07) is 18.6. The highest BCUT2D eigenvalue weighted by Crippen LogP contribution is 2.26. The fourth-order valence-electron chi connectivity index (χ4n) is 2.65. The summed E-state index contributed by atoms with van der Waals surface area (Å²) in [5.41, 5.74) is 3.58. The zero-order chi connectivity index (χ0) is 17.5. The average Bonchev–Trinajstić information content (AvgIpc) is 2.63. The lowest BCUT2D eigenvalue weighted by molar-refractivity contribution is 0.868. The van der Waals surface area contributed by atoms with Gasteiger partial charge in [-0.2, -0.15) is 10.1 Å². The molecule has 0 amide bonds. The van der Waals surface area contributed by atoms with Crippen molar-refractivity contribution in [2.75, 3.05) is 17.2 Å². The van der Waals surface area contributed by atoms with E-state index >= 15 is 0 Å². The van der Waals surface area contributed by atoms with Crippen molar-refractivity contribution < 1.29 is 0 Å². The van der Waals surface area contributed by atoms with Gasteiger partial charge in [0, 0.05) is 12.2 Å². The summed E-state index contributed by atoms with van der Waals surface area (Å²) in [6.07, 6.45) is 2.55. The van der Waals surface area contributed by atoms with Gasteiger partial charge in [0.15, 0.2) is 5.82 Å². The Morgan fingerprint density at radius 2 is 1.72 bits per heavy atom. The van der Waals surface area contributed by atoms with Crippen molar-refractivity contribution in [1.82, 2.24) is 15.2 Å². The first kappa shape index (κ1) is 16.9. The van der Waals surface area contributed by atoms with Gasteiger partial charge in [-0.25, -0.2) is 0 Å². The third-order valence-corrected chi connectivity index (χ3v) is 3.94. The molecule has 0 saturated carbocycles. The molecule has 0 aliphatic carbocycles. The number of anilines is 3. The lowest BCUT2D eigenvalue weighted by atomic mass is 10.0. The minimum Gasteiger partial charge on any atom is -0.353 e. The van der Waals surface area contributed by atoms with Crippen LogP contribution in [0, 0.1) is 0 Å². The first-order valence-corrected chi connectivity index (χ1v) is 8.56. The first-order chi connectivity index (χ1) is 12.2. The molecule has 0 unspecified atom stereocenters. The predicted octanol–water partition coefficient (Wildman–Crippen LogP) is 4.39. The molecule has 3 aromatic rings. The third-order valence-electron chi connectivity index (χ3n) is 3.94. The van der Waals surface area contributed by atoms with Gasteiger partial charge in [0.2, 0.25) is 5.95 Å². The fraction of sp³-hybridized carbons (Fsp3) is 0.250. The molecule has 2 aromatic carbocycles. The molecule has 0 aliphatic heterocycles. The standard InChI is InChI=1S/C20H23N5/c1-15(2)17-10-6-7-11-18(17)23-19-14-22-25-20(24-19)21-13-12-16-8-4-3-5-9-16/h3-11,14-15H,12-13H2,1-2H3,(H2,21,23,24,25). The molecular weight excluding hydrogens is 310 g/mol. The third kappa shape index (κ3) is 4.76. The Labute approximate surface area is 148 Å². The van der Waals surface area contributed by atoms with E-state index in [4.69, 9.17) is 0 Å². The van der Waals surface area contributed by atoms with Gasteiger partial charge in [-0.15, -0.1) is 5.10 Å². The number of hydrogen-bond acceptors (Lipinski definition) is 5. The van der Waals surface area contributed by atoms with Gasteiger partial charge in [-0.05, 0) is 29.5 Å². The van der Waals surface area contributed by atoms with E-state index in [1.54, 1.807) is 6.20 Å². The summed E-state index contributed by atoms with van der Waals surface area (Å²) in [4.78, 5) is 4.50. The van der Waals surface area contributed by atoms with Crippen LogP contribution >= 0.6 is 0 Å². The van der Waals surface area contributed by atoms with E-state index in [9.17, 15) is 0 Å². The van der Waals surface area contributed by atoms with Gasteiger partial charge in [-0.1, -0.05) is 62.4 Å². The van der Waals surface area contributed by atoms with Crippen molar-refractivity contribution >= 4 is 17.5 Å². The number of benzene rings is 2. The molecule has 0 aliphatic rings. The monoisotopic (exact) mass is 333 g/mol. The summed E-state index contributed by atoms with van der Waals surface area (Å²) in [5, 5.41) is 14.7. The van der Waals surface area contributed by atoms with Crippen LogP contribution in [0.5, 0.6) is 0 Å². The number of para-hydroxylation sites is 1. The van der Waals surface area contributed by atoms with E-state index in [-0.39, 0.29) is 0 Å². The van der Waals surface area contributed by atoms with E-state index in [2.05, 4.69) is 70.0 Å². The molecule has 1 heterocycles. The van der Waals surface area contributed by atoms with E-state index in [1.165, 1.54) is 11.1 Å². The van der Waals surface area contributed by atoms with E-state index in [1.807, 2.05) is 24.3 Å². The zero-order valence-corrected chi connectivity index (χ0v) is 14.6. The largest absolute Gasteiger partial charge is 0.353 e. The molecule has 0 atom stereocenters. The minimum atomic E-state index is 0.432. The Kier molecular flexibility index (Phi) is 5.57. The second-order valence-electron chi connectivity index (χ2n) is 6.19. The average molecular weight is 333 g/mol. The fourth-order valence-corrected chi connectivity index (χ4v) is 2.65. The maximum absolute atomic E-state index is 4.50. The molecule has 25 heavy (non-hydrogen) atoms. The molecule has 0 spiro atoms. The van der Waals surface area contributed by atoms with Crippen LogP contribution < -0.4 is 10.6 Å². The van der Waals surface area contributed by atoms with Gasteiger partial charge in [-0.3, -0.25) is 0 Å². The molecule has 5 nitrogen and oxygen atoms in total. The lowest BCUT2D eigenvalue weighted by Crippen LogP contribution is -2.10. The van der Waals surface area contributed by atoms with Gasteiger partial charge in [0.25, 0.3) is 0 Å². The molecule has 128 valence electrons. The van der Waals surface area contributed by atoms with Gasteiger partial charge in [0.1, 0.15) is 0 Å². The quantitative estimate of drug-likeness (QED) is 0.671. The van der Waals surface area contributed by atoms with E-state index < -0.39 is 0 Å². The maximum Gasteiger partial charge on any atom is 0.244 e. The SMILES string of the molecule is CC(C)c1ccccc1Nc1cnnc(NCCc2ccccc2)n1. The van der Waals surface area contributed by atoms with Crippen LogP contribution in [0.2, 0.25) is 0 Å². The van der Waals surface area contributed by atoms with E-state index in [0.29, 0.717) is 17.7 Å². The van der Waals surface area contributed by atoms with Crippen LogP contribution in [-0.4, -0.2) is 21.7 Å². The number of hydrogen-bond donors (Lipinski definition) is 2. The van der Waals surface area contributed by atoms with E-state index in [0.717, 1.165) is 18.7 Å². The molecule has 0 bridgehead atoms. The number of rotatable bonds is 7. The van der Waals surface area contributed by atoms with Crippen LogP contribution in [0.25, 0.3) is 0 Å². The first-order valence-electron chi connectivity index (χ1n) is 8.56. The molecule has 2 N–H and O–H groups in total. The Morgan fingerprint density at radius 3 is 2.52 bits per heavy atom. The summed E-state index contributed by atoms with van der Waals surface area (Å²) in [7, 11) is 0. The smallest absolute Gasteiger partial charge is 0.244 e. The molecule has 0 saturated heterocycles. The van der Waals surface area contributed by atoms with Gasteiger partial charge >= 0.3 is 0 Å². The molecule has 1 aromatic heterocycles. The molecule has 0 fully saturated rings. The van der Waals surface area contributed by atoms with Gasteiger partial charge in [0.05, 0.1) is 6.20 Å². The second-order valence-corrected chi connectivity index (χ2v) is 6.19. The van der Waals surface area contributed by atoms with Crippen molar-refractivity contribution in [2.24, 2.45) is 0 Å². The predicted molar refractivity (Wildman–Crippen MR) is 102 cm³/mol. The molecule has 0 radical (unpaired) electrons. The summed E-state index contributed by atoms with van der Waals surface area (Å²) >= 11 is 0. The molecular formula is C20H23N5. The lowest BCUT2D eigenvalue weighted by Gasteiger charge is -2.14. The highest BCUT2D eigenvalue weighted by Gasteiger charge is 2.07. The highest BCUT2D eigenvalue weighted by molar-refractivity contribution is 5.61. The van der Waals surface area contributed by atoms with Crippen LogP contribution in [0.4, 0.5) is 17.5 Å². The van der Waals surface area contributed by atoms with Crippen LogP contribution in [0.15, 0.2) is 60.8 Å². The summed E-state index contributed by atoms with van der Waals surface area (Å²) < 4.78 is 0. The highest BCUT2D eigenvalue weighted by atomic mass is 15.3. The Hall–Kier alpha value is -2.95. The minimum absolute atomic E-state index is 0.432. The number of aromatic nitrogens is 3. The summed E-state index contributed by atoms with van der Waals surface area (Å²) in [5.74, 6) is 1.65. The number of nitrogens with zero attached hydrogens (tertiary/aromatic N) is 3. The Bertz CT molecular complexity index is 802. The zero-order valence-electron chi connectivity index (χ0n) is 14.6. The van der Waals surface area contributed by atoms with Crippen molar-refractivity contribution in [2.45, 2.75) is 26.2 Å². The second kappa shape index (κ2) is 8.24. The Morgan fingerprint density at radius 1 is 0.960 bits per heavy atom. The van der Waals surface area contributed by atoms with Crippen LogP contribution in [0.3, 0.4) is 0 Å². The normalized spacial score (nSPS) is 10.7. The summed E-state index contributed by atoms with van der Waals surface area (Å²) in [6.45, 7) is 5.11. The van der Waals surface area contributed by atoms with Crippen LogP contribution in [-0.2, 0) is 6.42 Å². The van der Waals surface area contributed by atoms with Crippen molar-refractivity contribution in [1.29, 1.82) is 0 Å². The molecule has 5 heteroatoms. The molecule has 3 rings (SSSR count). The van der Waals surface area contributed by atoms with Crippen LogP contribution in [0.1, 0.15) is 30.9 Å². The Balaban J connectivity index is 1.64. The van der Waals surface area contributed by atoms with Crippen molar-refractivity contribution in [3.63, 3.8) is 0 Å². The number of nitrogens with one attached hydrogen (secondary N) is 2. The van der Waals surface area contributed by atoms with Crippen molar-refractivity contribution in [3.8, 4) is 0 Å². The van der Waals surface area contributed by atoms with Crippen molar-refractivity contribution in [3.05, 3.63) is 71.9 Å².